The maximum absolute atomic E-state index is 16.0. The third-order valence-electron chi connectivity index (χ3n) is 6.48. The number of hydrogen-bond acceptors (Lipinski definition) is 1. The van der Waals surface area contributed by atoms with E-state index in [1.807, 2.05) is 41.5 Å². The maximum atomic E-state index is 16.0. The average molecular weight is 400 g/mol. The van der Waals surface area contributed by atoms with Gasteiger partial charge in [0.25, 0.3) is 0 Å². The standard InChI is InChI=1S/C22H27BF2N2S/c1-8-17-13(4)21-20(19-11-10-12(3)28-19)22-14(5)18(9-2)16(7)27(22)23(24,25)26(21)15(17)6/h10-11H,8-9H2,1-7H3. The minimum absolute atomic E-state index is 0.695. The molecule has 0 atom stereocenters. The second-order valence-corrected chi connectivity index (χ2v) is 9.18. The Kier molecular flexibility index (Phi) is 4.34. The molecule has 2 aliphatic rings. The Bertz CT molecular complexity index is 1110. The van der Waals surface area contributed by atoms with E-state index in [1.165, 1.54) is 13.8 Å². The van der Waals surface area contributed by atoms with Gasteiger partial charge in [-0.05, 0) is 69.5 Å². The molecule has 28 heavy (non-hydrogen) atoms. The number of aromatic nitrogens is 1. The van der Waals surface area contributed by atoms with Crippen molar-refractivity contribution >= 4 is 29.6 Å². The van der Waals surface area contributed by atoms with Gasteiger partial charge in [-0.15, -0.1) is 11.3 Å². The van der Waals surface area contributed by atoms with E-state index in [4.69, 9.17) is 0 Å². The van der Waals surface area contributed by atoms with E-state index in [-0.39, 0.29) is 0 Å². The zero-order chi connectivity index (χ0) is 20.5. The highest BCUT2D eigenvalue weighted by atomic mass is 32.1. The van der Waals surface area contributed by atoms with Crippen molar-refractivity contribution in [1.29, 1.82) is 0 Å². The first-order chi connectivity index (χ1) is 13.2. The van der Waals surface area contributed by atoms with Crippen molar-refractivity contribution in [1.82, 2.24) is 4.48 Å². The smallest absolute Gasteiger partial charge is 0.393 e. The Morgan fingerprint density at radius 3 is 2.25 bits per heavy atom. The van der Waals surface area contributed by atoms with Crippen molar-refractivity contribution in [2.75, 3.05) is 0 Å². The number of halogens is 2. The molecule has 2 aromatic rings. The molecule has 0 fully saturated rings. The lowest BCUT2D eigenvalue weighted by atomic mass is 9.85. The SMILES string of the molecule is CCC1=C(C)C2=C(c3ccc(C)s3)c3c(C)c(CC)c(C)n3[B-](F)(F)[N+]2=C1C. The molecule has 2 aliphatic heterocycles. The summed E-state index contributed by atoms with van der Waals surface area (Å²) in [6.07, 6.45) is 1.52. The molecular weight excluding hydrogens is 373 g/mol. The van der Waals surface area contributed by atoms with Gasteiger partial charge in [-0.1, -0.05) is 13.8 Å². The van der Waals surface area contributed by atoms with Gasteiger partial charge in [0, 0.05) is 33.5 Å². The van der Waals surface area contributed by atoms with Gasteiger partial charge < -0.3 is 17.6 Å². The fraction of sp³-hybridized carbons (Fsp3) is 0.409. The van der Waals surface area contributed by atoms with E-state index in [9.17, 15) is 0 Å². The third-order valence-corrected chi connectivity index (χ3v) is 7.50. The lowest BCUT2D eigenvalue weighted by molar-refractivity contribution is -0.363. The zero-order valence-corrected chi connectivity index (χ0v) is 18.5. The molecule has 0 aliphatic carbocycles. The first-order valence-electron chi connectivity index (χ1n) is 10.0. The molecule has 0 saturated carbocycles. The highest BCUT2D eigenvalue weighted by molar-refractivity contribution is 7.13. The molecule has 4 rings (SSSR count). The normalized spacial score (nSPS) is 18.3. The first-order valence-corrected chi connectivity index (χ1v) is 10.9. The van der Waals surface area contributed by atoms with E-state index >= 15 is 8.63 Å². The molecule has 0 saturated heterocycles. The Morgan fingerprint density at radius 2 is 1.71 bits per heavy atom. The van der Waals surface area contributed by atoms with Crippen LogP contribution in [-0.2, 0) is 6.42 Å². The van der Waals surface area contributed by atoms with Crippen molar-refractivity contribution < 1.29 is 13.1 Å². The zero-order valence-electron chi connectivity index (χ0n) is 17.7. The molecule has 0 aromatic carbocycles. The van der Waals surface area contributed by atoms with Crippen LogP contribution < -0.4 is 0 Å². The average Bonchev–Trinajstić information content (AvgIpc) is 3.24. The molecule has 2 aromatic heterocycles. The van der Waals surface area contributed by atoms with Crippen molar-refractivity contribution in [3.63, 3.8) is 0 Å². The van der Waals surface area contributed by atoms with Gasteiger partial charge in [0.1, 0.15) is 5.71 Å². The fourth-order valence-corrected chi connectivity index (χ4v) is 6.19. The van der Waals surface area contributed by atoms with Crippen LogP contribution in [0.5, 0.6) is 0 Å². The Morgan fingerprint density at radius 1 is 1.04 bits per heavy atom. The van der Waals surface area contributed by atoms with Gasteiger partial charge in [-0.2, -0.15) is 0 Å². The number of aryl methyl sites for hydroxylation is 1. The Labute approximate surface area is 170 Å². The third kappa shape index (κ3) is 2.27. The van der Waals surface area contributed by atoms with Crippen LogP contribution in [0.2, 0.25) is 0 Å². The molecule has 6 heteroatoms. The minimum Gasteiger partial charge on any atom is -0.393 e. The number of nitrogens with zero attached hydrogens (tertiary/aromatic N) is 2. The number of thiophene rings is 1. The highest BCUT2D eigenvalue weighted by Crippen LogP contribution is 2.48. The summed E-state index contributed by atoms with van der Waals surface area (Å²) in [4.78, 5) is 2.26. The van der Waals surface area contributed by atoms with Crippen molar-refractivity contribution in [3.8, 4) is 0 Å². The van der Waals surface area contributed by atoms with E-state index in [2.05, 4.69) is 19.1 Å². The van der Waals surface area contributed by atoms with E-state index in [0.717, 1.165) is 45.6 Å². The molecule has 148 valence electrons. The van der Waals surface area contributed by atoms with Gasteiger partial charge in [0.15, 0.2) is 5.70 Å². The maximum Gasteiger partial charge on any atom is 0.737 e. The molecule has 0 unspecified atom stereocenters. The summed E-state index contributed by atoms with van der Waals surface area (Å²) in [6.45, 7) is 9.94. The van der Waals surface area contributed by atoms with Crippen molar-refractivity contribution in [3.05, 3.63) is 61.2 Å². The highest BCUT2D eigenvalue weighted by Gasteiger charge is 2.56. The summed E-state index contributed by atoms with van der Waals surface area (Å²) in [7, 11) is 0. The van der Waals surface area contributed by atoms with Crippen LogP contribution in [-0.4, -0.2) is 21.6 Å². The summed E-state index contributed by atoms with van der Waals surface area (Å²) < 4.78 is 34.8. The fourth-order valence-electron chi connectivity index (χ4n) is 5.28. The van der Waals surface area contributed by atoms with Gasteiger partial charge in [0.2, 0.25) is 0 Å². The number of rotatable bonds is 3. The molecule has 0 radical (unpaired) electrons. The molecule has 4 heterocycles. The molecule has 2 nitrogen and oxygen atoms in total. The largest absolute Gasteiger partial charge is 0.737 e. The molecule has 0 N–H and O–H groups in total. The molecule has 0 spiro atoms. The lowest BCUT2D eigenvalue weighted by Gasteiger charge is -2.33. The predicted octanol–water partition coefficient (Wildman–Crippen LogP) is 6.25. The van der Waals surface area contributed by atoms with Crippen LogP contribution in [0.15, 0.2) is 29.0 Å². The van der Waals surface area contributed by atoms with Crippen molar-refractivity contribution in [2.45, 2.75) is 61.3 Å². The first kappa shape index (κ1) is 19.4. The van der Waals surface area contributed by atoms with Crippen LogP contribution in [0, 0.1) is 20.8 Å². The number of allylic oxidation sites excluding steroid dienone is 2. The summed E-state index contributed by atoms with van der Waals surface area (Å²) in [5, 5.41) is 0. The lowest BCUT2D eigenvalue weighted by Crippen LogP contribution is -2.51. The van der Waals surface area contributed by atoms with Crippen LogP contribution in [0.3, 0.4) is 0 Å². The van der Waals surface area contributed by atoms with E-state index < -0.39 is 6.97 Å². The molecule has 0 bridgehead atoms. The minimum atomic E-state index is -3.93. The summed E-state index contributed by atoms with van der Waals surface area (Å²) in [6, 6.07) is 4.17. The Hall–Kier alpha value is -1.95. The van der Waals surface area contributed by atoms with E-state index in [1.54, 1.807) is 11.3 Å². The number of hydrogen-bond donors (Lipinski definition) is 0. The molecular formula is C22H27BF2N2S. The predicted molar refractivity (Wildman–Crippen MR) is 116 cm³/mol. The second kappa shape index (κ2) is 6.28. The molecule has 0 amide bonds. The van der Waals surface area contributed by atoms with Gasteiger partial charge in [-0.25, -0.2) is 0 Å². The van der Waals surface area contributed by atoms with Crippen LogP contribution in [0.4, 0.5) is 8.63 Å². The van der Waals surface area contributed by atoms with Gasteiger partial charge in [0.05, 0.1) is 5.57 Å². The van der Waals surface area contributed by atoms with Crippen molar-refractivity contribution in [2.24, 2.45) is 0 Å². The Balaban J connectivity index is 2.23. The van der Waals surface area contributed by atoms with Crippen LogP contribution >= 0.6 is 11.3 Å². The summed E-state index contributed by atoms with van der Waals surface area (Å²) in [5.41, 5.74) is 7.83. The second-order valence-electron chi connectivity index (χ2n) is 7.90. The monoisotopic (exact) mass is 400 g/mol. The number of fused-ring (bicyclic) bond motifs is 2. The van der Waals surface area contributed by atoms with E-state index in [0.29, 0.717) is 22.8 Å². The quantitative estimate of drug-likeness (QED) is 0.539. The topological polar surface area (TPSA) is 7.94 Å². The van der Waals surface area contributed by atoms with Gasteiger partial charge >= 0.3 is 6.97 Å². The summed E-state index contributed by atoms with van der Waals surface area (Å²) >= 11 is 1.68. The van der Waals surface area contributed by atoms with Crippen LogP contribution in [0.25, 0.3) is 5.57 Å². The van der Waals surface area contributed by atoms with Gasteiger partial charge in [-0.3, -0.25) is 0 Å². The summed E-state index contributed by atoms with van der Waals surface area (Å²) in [5.74, 6) is 0. The van der Waals surface area contributed by atoms with Crippen LogP contribution in [0.1, 0.15) is 66.4 Å².